The van der Waals surface area contributed by atoms with Crippen molar-refractivity contribution in [2.75, 3.05) is 6.61 Å². The third-order valence-corrected chi connectivity index (χ3v) is 7.48. The molecular weight excluding hydrogens is 416 g/mol. The first-order valence-corrected chi connectivity index (χ1v) is 14.3. The summed E-state index contributed by atoms with van der Waals surface area (Å²) >= 11 is 0. The summed E-state index contributed by atoms with van der Waals surface area (Å²) in [5, 5.41) is 0. The first kappa shape index (κ1) is 26.7. The summed E-state index contributed by atoms with van der Waals surface area (Å²) in [6, 6.07) is 8.72. The predicted molar refractivity (Wildman–Crippen MR) is 144 cm³/mol. The summed E-state index contributed by atoms with van der Waals surface area (Å²) in [5.74, 6) is 3.24. The number of nitrogens with zero attached hydrogens (tertiary/aromatic N) is 2. The number of unbranched alkanes of at least 4 members (excludes halogenated alkanes) is 8. The van der Waals surface area contributed by atoms with Crippen LogP contribution in [0.15, 0.2) is 36.7 Å². The first-order chi connectivity index (χ1) is 16.8. The molecule has 0 bridgehead atoms. The van der Waals surface area contributed by atoms with Crippen molar-refractivity contribution in [3.05, 3.63) is 53.6 Å². The molecule has 3 nitrogen and oxygen atoms in total. The van der Waals surface area contributed by atoms with E-state index in [2.05, 4.69) is 50.5 Å². The SMILES string of the molecule is CCCCCCCCCCc1cnc(C2CCC(COc3ccc(CCCC)cc3)CC2)nc1. The Morgan fingerprint density at radius 3 is 1.91 bits per heavy atom. The van der Waals surface area contributed by atoms with E-state index in [0.29, 0.717) is 11.8 Å². The van der Waals surface area contributed by atoms with Crippen LogP contribution in [0.1, 0.15) is 127 Å². The molecule has 1 fully saturated rings. The first-order valence-electron chi connectivity index (χ1n) is 14.3. The average molecular weight is 465 g/mol. The molecule has 34 heavy (non-hydrogen) atoms. The fourth-order valence-corrected chi connectivity index (χ4v) is 5.10. The summed E-state index contributed by atoms with van der Waals surface area (Å²) in [6.45, 7) is 5.36. The second-order valence-corrected chi connectivity index (χ2v) is 10.5. The normalized spacial score (nSPS) is 18.2. The second kappa shape index (κ2) is 15.9. The molecule has 0 aliphatic heterocycles. The van der Waals surface area contributed by atoms with E-state index in [1.807, 2.05) is 0 Å². The van der Waals surface area contributed by atoms with E-state index < -0.39 is 0 Å². The number of benzene rings is 1. The molecule has 3 rings (SSSR count). The molecule has 1 heterocycles. The molecular formula is C31H48N2O. The minimum atomic E-state index is 0.520. The van der Waals surface area contributed by atoms with Gasteiger partial charge in [0.25, 0.3) is 0 Å². The summed E-state index contributed by atoms with van der Waals surface area (Å²) in [6.07, 6.45) is 24.7. The molecule has 0 spiro atoms. The van der Waals surface area contributed by atoms with Crippen LogP contribution in [0.4, 0.5) is 0 Å². The van der Waals surface area contributed by atoms with Gasteiger partial charge in [-0.3, -0.25) is 0 Å². The van der Waals surface area contributed by atoms with Crippen LogP contribution in [0.2, 0.25) is 0 Å². The van der Waals surface area contributed by atoms with Crippen molar-refractivity contribution in [2.24, 2.45) is 5.92 Å². The Kier molecular flexibility index (Phi) is 12.5. The van der Waals surface area contributed by atoms with Gasteiger partial charge in [0.05, 0.1) is 6.61 Å². The molecule has 0 amide bonds. The summed E-state index contributed by atoms with van der Waals surface area (Å²) in [7, 11) is 0. The van der Waals surface area contributed by atoms with Crippen molar-refractivity contribution < 1.29 is 4.74 Å². The molecule has 1 aromatic carbocycles. The van der Waals surface area contributed by atoms with Crippen molar-refractivity contribution >= 4 is 0 Å². The van der Waals surface area contributed by atoms with Crippen LogP contribution in [-0.2, 0) is 12.8 Å². The van der Waals surface area contributed by atoms with E-state index >= 15 is 0 Å². The van der Waals surface area contributed by atoms with Crippen molar-refractivity contribution in [1.29, 1.82) is 0 Å². The second-order valence-electron chi connectivity index (χ2n) is 10.5. The van der Waals surface area contributed by atoms with Gasteiger partial charge in [0.1, 0.15) is 11.6 Å². The molecule has 0 atom stereocenters. The van der Waals surface area contributed by atoms with Crippen molar-refractivity contribution in [1.82, 2.24) is 9.97 Å². The molecule has 188 valence electrons. The number of rotatable bonds is 16. The quantitative estimate of drug-likeness (QED) is 0.233. The lowest BCUT2D eigenvalue weighted by Gasteiger charge is -2.27. The third-order valence-electron chi connectivity index (χ3n) is 7.48. The Hall–Kier alpha value is -1.90. The minimum Gasteiger partial charge on any atom is -0.493 e. The zero-order valence-corrected chi connectivity index (χ0v) is 21.9. The van der Waals surface area contributed by atoms with Gasteiger partial charge in [-0.25, -0.2) is 9.97 Å². The Morgan fingerprint density at radius 1 is 0.676 bits per heavy atom. The third kappa shape index (κ3) is 9.76. The molecule has 2 aromatic rings. The van der Waals surface area contributed by atoms with Gasteiger partial charge in [-0.2, -0.15) is 0 Å². The van der Waals surface area contributed by atoms with E-state index in [1.54, 1.807) is 0 Å². The highest BCUT2D eigenvalue weighted by Crippen LogP contribution is 2.34. The molecule has 1 aliphatic carbocycles. The average Bonchev–Trinajstić information content (AvgIpc) is 2.89. The lowest BCUT2D eigenvalue weighted by molar-refractivity contribution is 0.198. The van der Waals surface area contributed by atoms with Gasteiger partial charge in [0.2, 0.25) is 0 Å². The molecule has 1 saturated carbocycles. The van der Waals surface area contributed by atoms with E-state index in [0.717, 1.165) is 24.6 Å². The van der Waals surface area contributed by atoms with Crippen LogP contribution in [0.25, 0.3) is 0 Å². The molecule has 0 N–H and O–H groups in total. The molecule has 0 radical (unpaired) electrons. The molecule has 0 unspecified atom stereocenters. The minimum absolute atomic E-state index is 0.520. The summed E-state index contributed by atoms with van der Waals surface area (Å²) in [5.41, 5.74) is 2.72. The smallest absolute Gasteiger partial charge is 0.131 e. The molecule has 0 saturated heterocycles. The fourth-order valence-electron chi connectivity index (χ4n) is 5.10. The van der Waals surface area contributed by atoms with Gasteiger partial charge in [-0.15, -0.1) is 0 Å². The Balaban J connectivity index is 1.29. The zero-order valence-electron chi connectivity index (χ0n) is 21.9. The lowest BCUT2D eigenvalue weighted by Crippen LogP contribution is -2.20. The number of hydrogen-bond donors (Lipinski definition) is 0. The molecule has 1 aromatic heterocycles. The number of aromatic nitrogens is 2. The number of aryl methyl sites for hydroxylation is 2. The topological polar surface area (TPSA) is 35.0 Å². The molecule has 1 aliphatic rings. The van der Waals surface area contributed by atoms with Crippen LogP contribution in [-0.4, -0.2) is 16.6 Å². The van der Waals surface area contributed by atoms with Gasteiger partial charge in [-0.05, 0) is 80.5 Å². The standard InChI is InChI=1S/C31H48N2O/c1-3-5-7-8-9-10-11-12-14-28-23-32-31(33-24-28)29-19-15-27(16-20-29)25-34-30-21-17-26(18-22-30)13-6-4-2/h17-18,21-24,27,29H,3-16,19-20,25H2,1-2H3. The van der Waals surface area contributed by atoms with Gasteiger partial charge >= 0.3 is 0 Å². The molecule has 3 heteroatoms. The van der Waals surface area contributed by atoms with Crippen LogP contribution >= 0.6 is 0 Å². The van der Waals surface area contributed by atoms with E-state index in [9.17, 15) is 0 Å². The Morgan fingerprint density at radius 2 is 1.26 bits per heavy atom. The maximum Gasteiger partial charge on any atom is 0.131 e. The van der Waals surface area contributed by atoms with Gasteiger partial charge < -0.3 is 4.74 Å². The van der Waals surface area contributed by atoms with Gasteiger partial charge in [0, 0.05) is 18.3 Å². The van der Waals surface area contributed by atoms with E-state index in [1.165, 1.54) is 107 Å². The Labute approximate surface area is 209 Å². The van der Waals surface area contributed by atoms with Crippen LogP contribution in [0.5, 0.6) is 5.75 Å². The van der Waals surface area contributed by atoms with E-state index in [4.69, 9.17) is 14.7 Å². The van der Waals surface area contributed by atoms with Gasteiger partial charge in [0.15, 0.2) is 0 Å². The highest BCUT2D eigenvalue weighted by Gasteiger charge is 2.24. The maximum atomic E-state index is 6.11. The highest BCUT2D eigenvalue weighted by atomic mass is 16.5. The summed E-state index contributed by atoms with van der Waals surface area (Å²) < 4.78 is 6.11. The highest BCUT2D eigenvalue weighted by molar-refractivity contribution is 5.27. The van der Waals surface area contributed by atoms with Gasteiger partial charge in [-0.1, -0.05) is 77.3 Å². The number of hydrogen-bond acceptors (Lipinski definition) is 3. The van der Waals surface area contributed by atoms with Crippen molar-refractivity contribution in [3.8, 4) is 5.75 Å². The fraction of sp³-hybridized carbons (Fsp3) is 0.677. The predicted octanol–water partition coefficient (Wildman–Crippen LogP) is 8.86. The lowest BCUT2D eigenvalue weighted by atomic mass is 9.82. The largest absolute Gasteiger partial charge is 0.493 e. The van der Waals surface area contributed by atoms with Crippen molar-refractivity contribution in [3.63, 3.8) is 0 Å². The van der Waals surface area contributed by atoms with Crippen LogP contribution in [0.3, 0.4) is 0 Å². The number of ether oxygens (including phenoxy) is 1. The van der Waals surface area contributed by atoms with Crippen LogP contribution in [0, 0.1) is 5.92 Å². The van der Waals surface area contributed by atoms with Crippen LogP contribution < -0.4 is 4.74 Å². The summed E-state index contributed by atoms with van der Waals surface area (Å²) in [4.78, 5) is 9.51. The monoisotopic (exact) mass is 464 g/mol. The van der Waals surface area contributed by atoms with E-state index in [-0.39, 0.29) is 0 Å². The van der Waals surface area contributed by atoms with Crippen molar-refractivity contribution in [2.45, 2.75) is 122 Å². The zero-order chi connectivity index (χ0) is 23.8. The maximum absolute atomic E-state index is 6.11. The Bertz CT molecular complexity index is 763.